The number of rotatable bonds is 5. The van der Waals surface area contributed by atoms with E-state index in [-0.39, 0.29) is 6.03 Å². The lowest BCUT2D eigenvalue weighted by atomic mass is 10.1. The lowest BCUT2D eigenvalue weighted by Gasteiger charge is -2.11. The number of amides is 2. The molecule has 5 heteroatoms. The number of ether oxygens (including phenoxy) is 1. The summed E-state index contributed by atoms with van der Waals surface area (Å²) in [5.74, 6) is 0.856. The van der Waals surface area contributed by atoms with E-state index in [4.69, 9.17) is 4.74 Å². The van der Waals surface area contributed by atoms with Crippen molar-refractivity contribution in [2.45, 2.75) is 20.8 Å². The molecule has 122 valence electrons. The average molecular weight is 377 g/mol. The number of carbonyl (C=O) groups is 1. The summed E-state index contributed by atoms with van der Waals surface area (Å²) in [5, 5.41) is 5.57. The Labute approximate surface area is 145 Å². The van der Waals surface area contributed by atoms with Gasteiger partial charge in [0.25, 0.3) is 0 Å². The maximum Gasteiger partial charge on any atom is 0.319 e. The van der Waals surface area contributed by atoms with Gasteiger partial charge in [0.2, 0.25) is 0 Å². The number of aryl methyl sites for hydroxylation is 3. The Morgan fingerprint density at radius 1 is 1.09 bits per heavy atom. The maximum absolute atomic E-state index is 11.8. The van der Waals surface area contributed by atoms with Crippen LogP contribution in [0.5, 0.6) is 5.75 Å². The summed E-state index contributed by atoms with van der Waals surface area (Å²) < 4.78 is 6.67. The van der Waals surface area contributed by atoms with Gasteiger partial charge in [-0.2, -0.15) is 0 Å². The third-order valence-electron chi connectivity index (χ3n) is 3.42. The van der Waals surface area contributed by atoms with Crippen LogP contribution in [0.4, 0.5) is 10.5 Å². The molecule has 0 bridgehead atoms. The molecule has 0 aliphatic carbocycles. The van der Waals surface area contributed by atoms with Crippen molar-refractivity contribution >= 4 is 27.6 Å². The molecule has 2 rings (SSSR count). The zero-order valence-electron chi connectivity index (χ0n) is 13.6. The second kappa shape index (κ2) is 8.02. The second-order valence-electron chi connectivity index (χ2n) is 5.46. The molecule has 0 aliphatic heterocycles. The highest BCUT2D eigenvalue weighted by Gasteiger charge is 2.04. The summed E-state index contributed by atoms with van der Waals surface area (Å²) >= 11 is 3.45. The summed E-state index contributed by atoms with van der Waals surface area (Å²) in [7, 11) is 0. The normalized spacial score (nSPS) is 10.3. The number of benzene rings is 2. The lowest BCUT2D eigenvalue weighted by molar-refractivity contribution is 0.247. The van der Waals surface area contributed by atoms with E-state index in [1.807, 2.05) is 57.2 Å². The zero-order chi connectivity index (χ0) is 16.8. The number of carbonyl (C=O) groups excluding carboxylic acids is 1. The fourth-order valence-electron chi connectivity index (χ4n) is 2.03. The van der Waals surface area contributed by atoms with Crippen molar-refractivity contribution in [2.75, 3.05) is 18.5 Å². The van der Waals surface area contributed by atoms with Crippen LogP contribution < -0.4 is 15.4 Å². The summed E-state index contributed by atoms with van der Waals surface area (Å²) in [4.78, 5) is 11.8. The first-order chi connectivity index (χ1) is 11.0. The smallest absolute Gasteiger partial charge is 0.319 e. The molecule has 0 fully saturated rings. The molecule has 0 aliphatic rings. The molecule has 0 radical (unpaired) electrons. The molecule has 0 saturated carbocycles. The summed E-state index contributed by atoms with van der Waals surface area (Å²) in [6.45, 7) is 6.89. The summed E-state index contributed by atoms with van der Waals surface area (Å²) in [6.07, 6.45) is 0. The van der Waals surface area contributed by atoms with Crippen LogP contribution in [0, 0.1) is 20.8 Å². The average Bonchev–Trinajstić information content (AvgIpc) is 2.51. The van der Waals surface area contributed by atoms with Crippen molar-refractivity contribution in [1.29, 1.82) is 0 Å². The number of hydrogen-bond acceptors (Lipinski definition) is 2. The highest BCUT2D eigenvalue weighted by atomic mass is 79.9. The van der Waals surface area contributed by atoms with Gasteiger partial charge in [-0.1, -0.05) is 34.1 Å². The third-order valence-corrected chi connectivity index (χ3v) is 4.27. The molecule has 4 nitrogen and oxygen atoms in total. The van der Waals surface area contributed by atoms with E-state index in [9.17, 15) is 4.79 Å². The first-order valence-electron chi connectivity index (χ1n) is 7.47. The van der Waals surface area contributed by atoms with Crippen LogP contribution in [-0.4, -0.2) is 19.2 Å². The number of urea groups is 1. The lowest BCUT2D eigenvalue weighted by Crippen LogP contribution is -2.32. The third kappa shape index (κ3) is 5.28. The Bertz CT molecular complexity index is 701. The SMILES string of the molecule is Cc1ccc(C)c(OCCNC(=O)Nc2ccc(C)c(Br)c2)c1. The molecule has 0 saturated heterocycles. The molecule has 0 aromatic heterocycles. The predicted molar refractivity (Wildman–Crippen MR) is 97.3 cm³/mol. The van der Waals surface area contributed by atoms with Crippen LogP contribution in [0.3, 0.4) is 0 Å². The van der Waals surface area contributed by atoms with Crippen molar-refractivity contribution in [3.8, 4) is 5.75 Å². The van der Waals surface area contributed by atoms with Gasteiger partial charge in [0.1, 0.15) is 12.4 Å². The largest absolute Gasteiger partial charge is 0.491 e. The van der Waals surface area contributed by atoms with E-state index in [1.54, 1.807) is 0 Å². The minimum Gasteiger partial charge on any atom is -0.491 e. The fourth-order valence-corrected chi connectivity index (χ4v) is 2.41. The van der Waals surface area contributed by atoms with E-state index in [0.717, 1.165) is 32.6 Å². The zero-order valence-corrected chi connectivity index (χ0v) is 15.2. The molecular weight excluding hydrogens is 356 g/mol. The van der Waals surface area contributed by atoms with Crippen LogP contribution >= 0.6 is 15.9 Å². The van der Waals surface area contributed by atoms with Gasteiger partial charge in [0, 0.05) is 10.2 Å². The van der Waals surface area contributed by atoms with Crippen molar-refractivity contribution < 1.29 is 9.53 Å². The molecule has 23 heavy (non-hydrogen) atoms. The van der Waals surface area contributed by atoms with Gasteiger partial charge in [-0.25, -0.2) is 4.79 Å². The molecule has 0 spiro atoms. The van der Waals surface area contributed by atoms with E-state index in [0.29, 0.717) is 13.2 Å². The van der Waals surface area contributed by atoms with Crippen LogP contribution in [-0.2, 0) is 0 Å². The van der Waals surface area contributed by atoms with Crippen molar-refractivity contribution in [1.82, 2.24) is 5.32 Å². The van der Waals surface area contributed by atoms with Crippen LogP contribution in [0.25, 0.3) is 0 Å². The van der Waals surface area contributed by atoms with Crippen molar-refractivity contribution in [3.63, 3.8) is 0 Å². The van der Waals surface area contributed by atoms with Crippen molar-refractivity contribution in [2.24, 2.45) is 0 Å². The first kappa shape index (κ1) is 17.3. The van der Waals surface area contributed by atoms with E-state index < -0.39 is 0 Å². The van der Waals surface area contributed by atoms with Gasteiger partial charge in [0.05, 0.1) is 6.54 Å². The Balaban J connectivity index is 1.76. The first-order valence-corrected chi connectivity index (χ1v) is 8.26. The van der Waals surface area contributed by atoms with E-state index >= 15 is 0 Å². The van der Waals surface area contributed by atoms with E-state index in [2.05, 4.69) is 26.6 Å². The van der Waals surface area contributed by atoms with Gasteiger partial charge >= 0.3 is 6.03 Å². The van der Waals surface area contributed by atoms with Gasteiger partial charge in [-0.3, -0.25) is 0 Å². The monoisotopic (exact) mass is 376 g/mol. The van der Waals surface area contributed by atoms with E-state index in [1.165, 1.54) is 0 Å². The topological polar surface area (TPSA) is 50.4 Å². The minimum absolute atomic E-state index is 0.245. The van der Waals surface area contributed by atoms with Crippen LogP contribution in [0.15, 0.2) is 40.9 Å². The molecule has 0 atom stereocenters. The minimum atomic E-state index is -0.245. The van der Waals surface area contributed by atoms with Crippen LogP contribution in [0.1, 0.15) is 16.7 Å². The number of anilines is 1. The Hall–Kier alpha value is -2.01. The molecule has 2 aromatic carbocycles. The molecule has 2 aromatic rings. The summed E-state index contributed by atoms with van der Waals surface area (Å²) in [6, 6.07) is 11.5. The fraction of sp³-hybridized carbons (Fsp3) is 0.278. The molecule has 0 heterocycles. The number of nitrogens with one attached hydrogen (secondary N) is 2. The maximum atomic E-state index is 11.8. The highest BCUT2D eigenvalue weighted by molar-refractivity contribution is 9.10. The van der Waals surface area contributed by atoms with Gasteiger partial charge < -0.3 is 15.4 Å². The number of halogens is 1. The second-order valence-corrected chi connectivity index (χ2v) is 6.32. The predicted octanol–water partition coefficient (Wildman–Crippen LogP) is 4.57. The van der Waals surface area contributed by atoms with Gasteiger partial charge in [-0.05, 0) is 55.7 Å². The molecule has 2 N–H and O–H groups in total. The quantitative estimate of drug-likeness (QED) is 0.750. The summed E-state index contributed by atoms with van der Waals surface area (Å²) in [5.41, 5.74) is 4.11. The van der Waals surface area contributed by atoms with Crippen LogP contribution in [0.2, 0.25) is 0 Å². The standard InChI is InChI=1S/C18H21BrN2O2/c1-12-4-5-14(3)17(10-12)23-9-8-20-18(22)21-15-7-6-13(2)16(19)11-15/h4-7,10-11H,8-9H2,1-3H3,(H2,20,21,22). The number of hydrogen-bond donors (Lipinski definition) is 2. The van der Waals surface area contributed by atoms with Crippen molar-refractivity contribution in [3.05, 3.63) is 57.6 Å². The Morgan fingerprint density at radius 3 is 2.57 bits per heavy atom. The van der Waals surface area contributed by atoms with Gasteiger partial charge in [0.15, 0.2) is 0 Å². The highest BCUT2D eigenvalue weighted by Crippen LogP contribution is 2.20. The Kier molecular flexibility index (Phi) is 6.04. The molecule has 2 amide bonds. The Morgan fingerprint density at radius 2 is 1.83 bits per heavy atom. The molecular formula is C18H21BrN2O2. The van der Waals surface area contributed by atoms with Gasteiger partial charge in [-0.15, -0.1) is 0 Å². The molecule has 0 unspecified atom stereocenters.